The Morgan fingerprint density at radius 1 is 1.11 bits per heavy atom. The van der Waals surface area contributed by atoms with E-state index in [2.05, 4.69) is 10.4 Å². The largest absolute Gasteiger partial charge is 0.569 e. The molecule has 1 heterocycles. The van der Waals surface area contributed by atoms with Crippen molar-refractivity contribution in [2.24, 2.45) is 10.7 Å². The van der Waals surface area contributed by atoms with Crippen molar-refractivity contribution in [3.05, 3.63) is 71.1 Å². The van der Waals surface area contributed by atoms with Crippen molar-refractivity contribution < 1.29 is 45.7 Å². The number of esters is 1. The number of carbonyl (C=O) groups excluding carboxylic acids is 2. The monoisotopic (exact) mass is 668 g/mol. The van der Waals surface area contributed by atoms with E-state index in [9.17, 15) is 36.4 Å². The molecule has 0 aliphatic heterocycles. The second-order valence-corrected chi connectivity index (χ2v) is 13.0. The fourth-order valence-electron chi connectivity index (χ4n) is 3.74. The van der Waals surface area contributed by atoms with Crippen LogP contribution < -0.4 is 4.72 Å². The van der Waals surface area contributed by atoms with Gasteiger partial charge in [0.15, 0.2) is 5.69 Å². The molecule has 0 saturated heterocycles. The highest BCUT2D eigenvalue weighted by molar-refractivity contribution is 7.90. The number of aryl methyl sites for hydroxylation is 1. The van der Waals surface area contributed by atoms with Crippen LogP contribution >= 0.6 is 0 Å². The predicted molar refractivity (Wildman–Crippen MR) is 158 cm³/mol. The third-order valence-corrected chi connectivity index (χ3v) is 7.70. The maximum absolute atomic E-state index is 13.5. The van der Waals surface area contributed by atoms with Crippen molar-refractivity contribution in [3.8, 4) is 16.9 Å². The minimum Gasteiger partial charge on any atom is -0.569 e. The molecule has 3 aromatic rings. The van der Waals surface area contributed by atoms with Crippen LogP contribution in [-0.2, 0) is 35.4 Å². The van der Waals surface area contributed by atoms with Crippen molar-refractivity contribution >= 4 is 21.9 Å². The van der Waals surface area contributed by atoms with E-state index in [0.717, 1.165) is 33.5 Å². The number of benzene rings is 2. The lowest BCUT2D eigenvalue weighted by Crippen LogP contribution is -2.32. The van der Waals surface area contributed by atoms with Crippen LogP contribution in [0, 0.1) is 17.5 Å². The van der Waals surface area contributed by atoms with Crippen LogP contribution in [0.3, 0.4) is 0 Å². The fraction of sp³-hybridized carbons (Fsp3) is 0.414. The maximum atomic E-state index is 13.5. The van der Waals surface area contributed by atoms with Crippen molar-refractivity contribution in [1.29, 1.82) is 0 Å². The highest BCUT2D eigenvalue weighted by Gasteiger charge is 2.35. The highest BCUT2D eigenvalue weighted by Crippen LogP contribution is 2.33. The summed E-state index contributed by atoms with van der Waals surface area (Å²) in [5, 5.41) is 20.1. The second-order valence-electron chi connectivity index (χ2n) is 11.4. The first-order valence-corrected chi connectivity index (χ1v) is 15.4. The number of hydrogen-bond acceptors (Lipinski definition) is 9. The molecule has 3 rings (SSSR count). The van der Waals surface area contributed by atoms with Gasteiger partial charge in [0.05, 0.1) is 40.3 Å². The number of sulfonamides is 1. The van der Waals surface area contributed by atoms with E-state index in [4.69, 9.17) is 9.57 Å². The van der Waals surface area contributed by atoms with Gasteiger partial charge in [-0.25, -0.2) is 17.8 Å². The number of hydrogen-bond donors (Lipinski definition) is 1. The molecule has 17 heteroatoms. The topological polar surface area (TPSA) is 158 Å². The first kappa shape index (κ1) is 35.8. The number of rotatable bonds is 12. The molecule has 0 aliphatic rings. The van der Waals surface area contributed by atoms with Gasteiger partial charge in [0, 0.05) is 18.9 Å². The molecule has 2 aromatic carbocycles. The normalized spacial score (nSPS) is 13.2. The van der Waals surface area contributed by atoms with Gasteiger partial charge in [-0.15, -0.1) is 5.01 Å². The number of nitrogens with one attached hydrogen (secondary N) is 1. The molecule has 0 bridgehead atoms. The maximum Gasteiger partial charge on any atom is 0.435 e. The number of carbonyl (C=O) groups is 2. The summed E-state index contributed by atoms with van der Waals surface area (Å²) in [5.41, 5.74) is -0.196. The lowest BCUT2D eigenvalue weighted by atomic mass is 9.97. The fourth-order valence-corrected chi connectivity index (χ4v) is 4.76. The van der Waals surface area contributed by atoms with E-state index in [1.807, 2.05) is 11.6 Å². The zero-order valence-corrected chi connectivity index (χ0v) is 26.8. The summed E-state index contributed by atoms with van der Waals surface area (Å²) >= 11 is 0. The summed E-state index contributed by atoms with van der Waals surface area (Å²) in [5.74, 6) is -1.41. The van der Waals surface area contributed by atoms with Crippen LogP contribution in [0.25, 0.3) is 16.9 Å². The van der Waals surface area contributed by atoms with Crippen LogP contribution in [0.15, 0.2) is 64.8 Å². The van der Waals surface area contributed by atoms with Crippen LogP contribution in [0.2, 0.25) is 0 Å². The standard InChI is InChI=1S/C29H35F3N6O7S/c1-19-9-11-21(12-10-19)24-18-25(29(30,31)32)33-37(24)22-13-15-23(16-14-22)46(42,43)34-26(39)8-7-17-36(6)38(41)35-45-20(2)44-27(40)28(3,4)5/h9-16,18,20H,7-8,17H2,1-6H3,(H,34,39). The summed E-state index contributed by atoms with van der Waals surface area (Å²) < 4.78 is 74.1. The van der Waals surface area contributed by atoms with Gasteiger partial charge in [-0.2, -0.15) is 18.3 Å². The summed E-state index contributed by atoms with van der Waals surface area (Å²) in [6, 6.07) is 12.5. The quantitative estimate of drug-likeness (QED) is 0.0908. The van der Waals surface area contributed by atoms with Gasteiger partial charge in [0.25, 0.3) is 16.3 Å². The van der Waals surface area contributed by atoms with Crippen LogP contribution in [0.5, 0.6) is 0 Å². The molecule has 0 fully saturated rings. The van der Waals surface area contributed by atoms with Crippen molar-refractivity contribution in [3.63, 3.8) is 0 Å². The summed E-state index contributed by atoms with van der Waals surface area (Å²) in [6.45, 7) is 8.14. The molecule has 0 spiro atoms. The number of aromatic nitrogens is 2. The number of amides is 1. The van der Waals surface area contributed by atoms with Gasteiger partial charge < -0.3 is 9.94 Å². The van der Waals surface area contributed by atoms with E-state index in [1.165, 1.54) is 26.1 Å². The minimum absolute atomic E-state index is 0.0121. The van der Waals surface area contributed by atoms with Crippen molar-refractivity contribution in [2.45, 2.75) is 64.8 Å². The van der Waals surface area contributed by atoms with Crippen molar-refractivity contribution in [1.82, 2.24) is 19.5 Å². The molecule has 13 nitrogen and oxygen atoms in total. The van der Waals surface area contributed by atoms with Crippen molar-refractivity contribution in [2.75, 3.05) is 13.6 Å². The van der Waals surface area contributed by atoms with Gasteiger partial charge >= 0.3 is 12.1 Å². The summed E-state index contributed by atoms with van der Waals surface area (Å²) in [4.78, 5) is 28.9. The molecule has 1 amide bonds. The van der Waals surface area contributed by atoms with Gasteiger partial charge in [-0.05, 0) is 64.4 Å². The van der Waals surface area contributed by atoms with Crippen LogP contribution in [0.4, 0.5) is 13.2 Å². The molecule has 46 heavy (non-hydrogen) atoms. The van der Waals surface area contributed by atoms with Gasteiger partial charge in [0.2, 0.25) is 11.2 Å². The Morgan fingerprint density at radius 3 is 2.28 bits per heavy atom. The third-order valence-electron chi connectivity index (χ3n) is 6.32. The Morgan fingerprint density at radius 2 is 1.72 bits per heavy atom. The first-order valence-electron chi connectivity index (χ1n) is 13.9. The molecule has 0 aliphatic carbocycles. The number of ether oxygens (including phenoxy) is 1. The van der Waals surface area contributed by atoms with Crippen LogP contribution in [0.1, 0.15) is 51.8 Å². The molecule has 250 valence electrons. The smallest absolute Gasteiger partial charge is 0.435 e. The molecule has 1 aromatic heterocycles. The van der Waals surface area contributed by atoms with Crippen LogP contribution in [-0.4, -0.2) is 59.9 Å². The molecular weight excluding hydrogens is 633 g/mol. The average Bonchev–Trinajstić information content (AvgIpc) is 3.42. The highest BCUT2D eigenvalue weighted by atomic mass is 32.2. The van der Waals surface area contributed by atoms with Gasteiger partial charge in [-0.1, -0.05) is 29.8 Å². The SMILES string of the molecule is Cc1ccc(-c2cc(C(F)(F)F)nn2-c2ccc(S(=O)(=O)NC(=O)CCCN(C)[N+]([O-])=NOC(C)OC(=O)C(C)(C)C)cc2)cc1. The van der Waals surface area contributed by atoms with E-state index in [0.29, 0.717) is 5.56 Å². The average molecular weight is 669 g/mol. The predicted octanol–water partition coefficient (Wildman–Crippen LogP) is 5.13. The Balaban J connectivity index is 1.60. The lowest BCUT2D eigenvalue weighted by molar-refractivity contribution is -0.707. The van der Waals surface area contributed by atoms with E-state index < -0.39 is 45.5 Å². The molecule has 0 radical (unpaired) electrons. The number of nitrogens with zero attached hydrogens (tertiary/aromatic N) is 5. The number of hydrazine groups is 1. The van der Waals surface area contributed by atoms with E-state index >= 15 is 0 Å². The number of alkyl halides is 3. The van der Waals surface area contributed by atoms with E-state index in [-0.39, 0.29) is 40.6 Å². The summed E-state index contributed by atoms with van der Waals surface area (Å²) in [7, 11) is -2.97. The first-order chi connectivity index (χ1) is 21.3. The molecule has 1 N–H and O–H groups in total. The lowest BCUT2D eigenvalue weighted by Gasteiger charge is -2.19. The van der Waals surface area contributed by atoms with Gasteiger partial charge in [-0.3, -0.25) is 14.4 Å². The zero-order chi connectivity index (χ0) is 34.4. The Hall–Kier alpha value is -4.67. The zero-order valence-electron chi connectivity index (χ0n) is 26.0. The second kappa shape index (κ2) is 14.2. The van der Waals surface area contributed by atoms with Gasteiger partial charge in [0.1, 0.15) is 0 Å². The Bertz CT molecular complexity index is 1670. The Labute approximate surface area is 264 Å². The molecule has 0 saturated carbocycles. The number of halogens is 3. The molecular formula is C29H35F3N6O7S. The third kappa shape index (κ3) is 9.66. The summed E-state index contributed by atoms with van der Waals surface area (Å²) in [6.07, 6.45) is -6.05. The van der Waals surface area contributed by atoms with E-state index in [1.54, 1.807) is 45.0 Å². The molecule has 1 unspecified atom stereocenters. The Kier molecular flexibility index (Phi) is 11.0. The molecule has 1 atom stereocenters. The minimum atomic E-state index is -4.71.